The van der Waals surface area contributed by atoms with Crippen molar-refractivity contribution in [1.29, 1.82) is 0 Å². The number of hydrogen-bond acceptors (Lipinski definition) is 3. The second-order valence-corrected chi connectivity index (χ2v) is 8.01. The molecule has 0 spiro atoms. The Morgan fingerprint density at radius 2 is 2.05 bits per heavy atom. The Labute approximate surface area is 118 Å². The average Bonchev–Trinajstić information content (AvgIpc) is 2.27. The van der Waals surface area contributed by atoms with Crippen molar-refractivity contribution in [3.05, 3.63) is 0 Å². The molecule has 1 saturated carbocycles. The Hall–Kier alpha value is -0.750. The highest BCUT2D eigenvalue weighted by Crippen LogP contribution is 2.27. The van der Waals surface area contributed by atoms with E-state index in [9.17, 15) is 9.35 Å². The fraction of sp³-hybridized carbons (Fsp3) is 0.846. The summed E-state index contributed by atoms with van der Waals surface area (Å²) in [6, 6.07) is -0.00975. The molecular weight excluding hydrogens is 264 g/mol. The van der Waals surface area contributed by atoms with Crippen LogP contribution in [0.3, 0.4) is 0 Å². The van der Waals surface area contributed by atoms with E-state index in [0.717, 1.165) is 31.4 Å². The quantitative estimate of drug-likeness (QED) is 0.618. The van der Waals surface area contributed by atoms with Gasteiger partial charge in [-0.2, -0.15) is 0 Å². The van der Waals surface area contributed by atoms with E-state index in [4.69, 9.17) is 5.11 Å². The first-order chi connectivity index (χ1) is 8.70. The van der Waals surface area contributed by atoms with E-state index in [1.807, 2.05) is 27.7 Å². The largest absolute Gasteiger partial charge is 0.591 e. The number of nitrogens with zero attached hydrogens (tertiary/aromatic N) is 1. The third-order valence-corrected chi connectivity index (χ3v) is 4.84. The first-order valence-corrected chi connectivity index (χ1v) is 7.77. The summed E-state index contributed by atoms with van der Waals surface area (Å²) in [4.78, 5) is 10.7. The van der Waals surface area contributed by atoms with Crippen LogP contribution in [0.5, 0.6) is 0 Å². The molecule has 0 heterocycles. The van der Waals surface area contributed by atoms with Crippen LogP contribution in [0.4, 0.5) is 4.79 Å². The van der Waals surface area contributed by atoms with Crippen LogP contribution < -0.4 is 5.32 Å². The molecule has 1 aliphatic rings. The van der Waals surface area contributed by atoms with E-state index < -0.39 is 17.5 Å². The molecule has 0 radical (unpaired) electrons. The molecule has 2 N–H and O–H groups in total. The number of amides is 1. The van der Waals surface area contributed by atoms with Crippen LogP contribution in [0.1, 0.15) is 53.4 Å². The van der Waals surface area contributed by atoms with E-state index >= 15 is 0 Å². The first-order valence-electron chi connectivity index (χ1n) is 6.67. The molecule has 19 heavy (non-hydrogen) atoms. The van der Waals surface area contributed by atoms with Gasteiger partial charge < -0.3 is 15.0 Å². The van der Waals surface area contributed by atoms with Gasteiger partial charge in [0, 0.05) is 12.0 Å². The number of nitrogens with one attached hydrogen (secondary N) is 1. The fourth-order valence-corrected chi connectivity index (χ4v) is 2.90. The summed E-state index contributed by atoms with van der Waals surface area (Å²) >= 11 is -1.24. The van der Waals surface area contributed by atoms with Gasteiger partial charge in [-0.05, 0) is 47.0 Å². The average molecular weight is 288 g/mol. The Balaban J connectivity index is 2.63. The smallest absolute Gasteiger partial charge is 0.404 e. The van der Waals surface area contributed by atoms with Crippen molar-refractivity contribution < 1.29 is 14.5 Å². The van der Waals surface area contributed by atoms with Gasteiger partial charge in [-0.3, -0.25) is 0 Å². The van der Waals surface area contributed by atoms with E-state index in [1.165, 1.54) is 0 Å². The molecule has 110 valence electrons. The molecule has 0 saturated heterocycles. The molecule has 1 fully saturated rings. The zero-order valence-corrected chi connectivity index (χ0v) is 12.9. The van der Waals surface area contributed by atoms with Gasteiger partial charge in [-0.25, -0.2) is 4.79 Å². The van der Waals surface area contributed by atoms with E-state index in [2.05, 4.69) is 9.71 Å². The van der Waals surface area contributed by atoms with E-state index in [1.54, 1.807) is 0 Å². The molecule has 6 heteroatoms. The van der Waals surface area contributed by atoms with Crippen LogP contribution in [0.25, 0.3) is 0 Å². The van der Waals surface area contributed by atoms with E-state index in [0.29, 0.717) is 0 Å². The Kier molecular flexibility index (Phi) is 5.67. The number of carboxylic acid groups (broad SMARTS) is 1. The maximum absolute atomic E-state index is 12.0. The topological polar surface area (TPSA) is 84.8 Å². The van der Waals surface area contributed by atoms with Crippen LogP contribution in [-0.4, -0.2) is 32.3 Å². The first kappa shape index (κ1) is 16.3. The lowest BCUT2D eigenvalue weighted by Gasteiger charge is -2.29. The second-order valence-electron chi connectivity index (χ2n) is 6.10. The third kappa shape index (κ3) is 5.40. The second kappa shape index (κ2) is 6.61. The Morgan fingerprint density at radius 1 is 1.42 bits per heavy atom. The molecule has 0 aromatic heterocycles. The lowest BCUT2D eigenvalue weighted by molar-refractivity contribution is 0.184. The Bertz CT molecular complexity index is 352. The molecule has 3 atom stereocenters. The summed E-state index contributed by atoms with van der Waals surface area (Å²) < 4.78 is 15.9. The molecule has 1 amide bonds. The Morgan fingerprint density at radius 3 is 2.58 bits per heavy atom. The predicted molar refractivity (Wildman–Crippen MR) is 77.9 cm³/mol. The summed E-state index contributed by atoms with van der Waals surface area (Å²) in [5, 5.41) is 11.3. The molecule has 1 rings (SSSR count). The summed E-state index contributed by atoms with van der Waals surface area (Å²) in [6.07, 6.45) is 2.62. The minimum Gasteiger partial charge on any atom is -0.591 e. The van der Waals surface area contributed by atoms with E-state index in [-0.39, 0.29) is 16.7 Å². The monoisotopic (exact) mass is 288 g/mol. The number of carbonyl (C=O) groups is 1. The molecular formula is C13H24N2O3S. The molecule has 1 aliphatic carbocycles. The maximum atomic E-state index is 12.0. The molecule has 0 aromatic rings. The molecule has 0 aromatic carbocycles. The van der Waals surface area contributed by atoms with Crippen molar-refractivity contribution in [2.24, 2.45) is 10.3 Å². The van der Waals surface area contributed by atoms with Gasteiger partial charge in [0.15, 0.2) is 0 Å². The van der Waals surface area contributed by atoms with Gasteiger partial charge in [-0.15, -0.1) is 0 Å². The highest BCUT2D eigenvalue weighted by molar-refractivity contribution is 7.91. The van der Waals surface area contributed by atoms with Crippen molar-refractivity contribution in [3.8, 4) is 0 Å². The van der Waals surface area contributed by atoms with Gasteiger partial charge in [0.05, 0.1) is 5.71 Å². The van der Waals surface area contributed by atoms with Crippen molar-refractivity contribution in [3.63, 3.8) is 0 Å². The van der Waals surface area contributed by atoms with Crippen molar-refractivity contribution >= 4 is 23.2 Å². The molecule has 5 nitrogen and oxygen atoms in total. The third-order valence-electron chi connectivity index (χ3n) is 3.34. The van der Waals surface area contributed by atoms with Crippen molar-refractivity contribution in [2.45, 2.75) is 64.2 Å². The lowest BCUT2D eigenvalue weighted by Crippen LogP contribution is -2.39. The van der Waals surface area contributed by atoms with Gasteiger partial charge >= 0.3 is 6.09 Å². The van der Waals surface area contributed by atoms with Crippen LogP contribution >= 0.6 is 0 Å². The van der Waals surface area contributed by atoms with Crippen LogP contribution in [-0.2, 0) is 11.4 Å². The van der Waals surface area contributed by atoms with Gasteiger partial charge in [0.1, 0.15) is 16.1 Å². The normalized spacial score (nSPS) is 26.9. The number of rotatable bonds is 3. The van der Waals surface area contributed by atoms with Crippen molar-refractivity contribution in [2.75, 3.05) is 0 Å². The minimum absolute atomic E-state index is 0.00975. The number of hydrogen-bond donors (Lipinski definition) is 2. The molecule has 0 aliphatic heterocycles. The van der Waals surface area contributed by atoms with Gasteiger partial charge in [-0.1, -0.05) is 10.8 Å². The zero-order chi connectivity index (χ0) is 14.6. The summed E-state index contributed by atoms with van der Waals surface area (Å²) in [7, 11) is 0. The van der Waals surface area contributed by atoms with Crippen molar-refractivity contribution in [1.82, 2.24) is 5.32 Å². The minimum atomic E-state index is -1.24. The standard InChI is InChI=1S/C13H24N2O3S/c1-9(15-19(18)13(2,3)4)10-6-5-7-11(8-10)14-12(16)17/h10-11,14H,5-8H2,1-4H3,(H,16,17)/b15-9+/t10-,11+,19?/m1/s1. The fourth-order valence-electron chi connectivity index (χ4n) is 2.22. The summed E-state index contributed by atoms with van der Waals surface area (Å²) in [5.41, 5.74) is 0.880. The molecule has 0 bridgehead atoms. The van der Waals surface area contributed by atoms with Crippen LogP contribution in [0.15, 0.2) is 4.40 Å². The zero-order valence-electron chi connectivity index (χ0n) is 12.1. The highest BCUT2D eigenvalue weighted by Gasteiger charge is 2.30. The molecule has 1 unspecified atom stereocenters. The predicted octanol–water partition coefficient (Wildman–Crippen LogP) is 2.74. The highest BCUT2D eigenvalue weighted by atomic mass is 32.2. The van der Waals surface area contributed by atoms with Gasteiger partial charge in [0.2, 0.25) is 0 Å². The van der Waals surface area contributed by atoms with Crippen LogP contribution in [0, 0.1) is 5.92 Å². The van der Waals surface area contributed by atoms with Gasteiger partial charge in [0.25, 0.3) is 0 Å². The van der Waals surface area contributed by atoms with Crippen LogP contribution in [0.2, 0.25) is 0 Å². The lowest BCUT2D eigenvalue weighted by atomic mass is 9.83. The SMILES string of the molecule is C/C(=N\[S+]([O-])C(C)(C)C)[C@@H]1CCC[C@H](NC(=O)O)C1. The summed E-state index contributed by atoms with van der Waals surface area (Å²) in [5.74, 6) is 0.233. The summed E-state index contributed by atoms with van der Waals surface area (Å²) in [6.45, 7) is 7.60. The maximum Gasteiger partial charge on any atom is 0.404 e.